The van der Waals surface area contributed by atoms with Crippen LogP contribution in [0.4, 0.5) is 4.39 Å². The molecule has 0 unspecified atom stereocenters. The van der Waals surface area contributed by atoms with Crippen molar-refractivity contribution < 1.29 is 14.3 Å². The van der Waals surface area contributed by atoms with Crippen LogP contribution >= 0.6 is 0 Å². The van der Waals surface area contributed by atoms with E-state index in [2.05, 4.69) is 9.97 Å². The molecule has 4 nitrogen and oxygen atoms in total. The third kappa shape index (κ3) is 2.93. The highest BCUT2D eigenvalue weighted by molar-refractivity contribution is 5.89. The number of hydrogen-bond acceptors (Lipinski definition) is 3. The quantitative estimate of drug-likeness (QED) is 0.921. The largest absolute Gasteiger partial charge is 0.478 e. The van der Waals surface area contributed by atoms with Crippen molar-refractivity contribution in [3.8, 4) is 0 Å². The lowest BCUT2D eigenvalue weighted by atomic mass is 10.1. The molecule has 1 aromatic heterocycles. The molecule has 5 heteroatoms. The van der Waals surface area contributed by atoms with Crippen molar-refractivity contribution >= 4 is 5.97 Å². The summed E-state index contributed by atoms with van der Waals surface area (Å²) in [6.45, 7) is 3.26. The lowest BCUT2D eigenvalue weighted by molar-refractivity contribution is 0.0694. The Balaban J connectivity index is 2.35. The predicted molar refractivity (Wildman–Crippen MR) is 67.7 cm³/mol. The molecule has 98 valence electrons. The van der Waals surface area contributed by atoms with Gasteiger partial charge in [0.15, 0.2) is 0 Å². The number of aromatic carboxylic acids is 1. The molecule has 19 heavy (non-hydrogen) atoms. The Labute approximate surface area is 110 Å². The fourth-order valence-corrected chi connectivity index (χ4v) is 2.00. The molecule has 1 N–H and O–H groups in total. The van der Waals surface area contributed by atoms with E-state index in [1.165, 1.54) is 12.1 Å². The van der Waals surface area contributed by atoms with E-state index in [0.29, 0.717) is 23.6 Å². The van der Waals surface area contributed by atoms with Crippen LogP contribution in [0.25, 0.3) is 0 Å². The van der Waals surface area contributed by atoms with Gasteiger partial charge in [-0.2, -0.15) is 0 Å². The van der Waals surface area contributed by atoms with Crippen molar-refractivity contribution in [1.29, 1.82) is 0 Å². The maximum Gasteiger partial charge on any atom is 0.339 e. The number of carboxylic acids is 1. The summed E-state index contributed by atoms with van der Waals surface area (Å²) in [4.78, 5) is 19.4. The van der Waals surface area contributed by atoms with E-state index in [0.717, 1.165) is 5.56 Å². The maximum atomic E-state index is 13.1. The maximum absolute atomic E-state index is 13.1. The third-order valence-corrected chi connectivity index (χ3v) is 2.78. The second-order valence-corrected chi connectivity index (χ2v) is 4.30. The number of halogens is 1. The van der Waals surface area contributed by atoms with Gasteiger partial charge in [0.2, 0.25) is 0 Å². The fourth-order valence-electron chi connectivity index (χ4n) is 2.00. The molecule has 0 fully saturated rings. The van der Waals surface area contributed by atoms with Crippen LogP contribution < -0.4 is 0 Å². The van der Waals surface area contributed by atoms with Gasteiger partial charge < -0.3 is 5.11 Å². The highest BCUT2D eigenvalue weighted by Gasteiger charge is 2.14. The minimum absolute atomic E-state index is 0.128. The number of benzene rings is 1. The topological polar surface area (TPSA) is 63.1 Å². The Morgan fingerprint density at radius 2 is 1.89 bits per heavy atom. The minimum atomic E-state index is -1.03. The van der Waals surface area contributed by atoms with Crippen LogP contribution in [0.1, 0.15) is 33.1 Å². The minimum Gasteiger partial charge on any atom is -0.478 e. The molecule has 0 radical (unpaired) electrons. The van der Waals surface area contributed by atoms with E-state index in [4.69, 9.17) is 5.11 Å². The molecule has 0 saturated carbocycles. The van der Waals surface area contributed by atoms with Crippen LogP contribution in [0.15, 0.2) is 24.3 Å². The monoisotopic (exact) mass is 260 g/mol. The van der Waals surface area contributed by atoms with Crippen LogP contribution in [-0.2, 0) is 6.42 Å². The molecule has 0 amide bonds. The summed E-state index contributed by atoms with van der Waals surface area (Å²) in [7, 11) is 0. The third-order valence-electron chi connectivity index (χ3n) is 2.78. The van der Waals surface area contributed by atoms with Gasteiger partial charge in [-0.25, -0.2) is 19.2 Å². The van der Waals surface area contributed by atoms with Gasteiger partial charge in [0, 0.05) is 6.42 Å². The van der Waals surface area contributed by atoms with Crippen molar-refractivity contribution in [3.63, 3.8) is 0 Å². The van der Waals surface area contributed by atoms with Gasteiger partial charge >= 0.3 is 5.97 Å². The first-order valence-corrected chi connectivity index (χ1v) is 5.79. The van der Waals surface area contributed by atoms with Gasteiger partial charge in [0.1, 0.15) is 17.2 Å². The van der Waals surface area contributed by atoms with Gasteiger partial charge in [-0.3, -0.25) is 0 Å². The molecule has 1 aromatic carbocycles. The molecule has 2 aromatic rings. The number of aryl methyl sites for hydroxylation is 2. The second-order valence-electron chi connectivity index (χ2n) is 4.30. The van der Waals surface area contributed by atoms with Gasteiger partial charge in [0.05, 0.1) is 11.4 Å². The zero-order valence-corrected chi connectivity index (χ0v) is 10.6. The zero-order chi connectivity index (χ0) is 14.0. The molecule has 2 rings (SSSR count). The van der Waals surface area contributed by atoms with E-state index in [1.54, 1.807) is 26.0 Å². The summed E-state index contributed by atoms with van der Waals surface area (Å²) in [6.07, 6.45) is 0.374. The molecule has 0 aliphatic carbocycles. The van der Waals surface area contributed by atoms with E-state index < -0.39 is 5.97 Å². The number of nitrogens with zero attached hydrogens (tertiary/aromatic N) is 2. The number of aromatic nitrogens is 2. The van der Waals surface area contributed by atoms with E-state index >= 15 is 0 Å². The van der Waals surface area contributed by atoms with Crippen LogP contribution in [-0.4, -0.2) is 21.0 Å². The molecule has 0 spiro atoms. The molecule has 0 bridgehead atoms. The first-order valence-electron chi connectivity index (χ1n) is 5.79. The van der Waals surface area contributed by atoms with Gasteiger partial charge in [-0.05, 0) is 31.5 Å². The van der Waals surface area contributed by atoms with Crippen LogP contribution in [0.2, 0.25) is 0 Å². The van der Waals surface area contributed by atoms with Crippen LogP contribution in [0.5, 0.6) is 0 Å². The van der Waals surface area contributed by atoms with Gasteiger partial charge in [-0.1, -0.05) is 12.1 Å². The number of hydrogen-bond donors (Lipinski definition) is 1. The predicted octanol–water partition coefficient (Wildman–Crippen LogP) is 2.52. The first-order chi connectivity index (χ1) is 8.97. The summed E-state index contributed by atoms with van der Waals surface area (Å²) in [5.74, 6) is -0.856. The van der Waals surface area contributed by atoms with Crippen molar-refractivity contribution in [2.24, 2.45) is 0 Å². The summed E-state index contributed by atoms with van der Waals surface area (Å²) < 4.78 is 13.1. The summed E-state index contributed by atoms with van der Waals surface area (Å²) in [5, 5.41) is 9.03. The molecule has 0 atom stereocenters. The molecule has 1 heterocycles. The Hall–Kier alpha value is -2.30. The highest BCUT2D eigenvalue weighted by atomic mass is 19.1. The summed E-state index contributed by atoms with van der Waals surface area (Å²) >= 11 is 0. The Morgan fingerprint density at radius 1 is 1.26 bits per heavy atom. The summed E-state index contributed by atoms with van der Waals surface area (Å²) in [5.41, 5.74) is 1.72. The fraction of sp³-hybridized carbons (Fsp3) is 0.214. The molecule has 0 aliphatic heterocycles. The average Bonchev–Trinajstić information content (AvgIpc) is 2.27. The standard InChI is InChI=1S/C14H13FN2O2/c1-8-13(14(18)19)9(2)17-12(16-8)7-10-4-3-5-11(15)6-10/h3-6H,7H2,1-2H3,(H,18,19). The van der Waals surface area contributed by atoms with E-state index in [9.17, 15) is 9.18 Å². The Morgan fingerprint density at radius 3 is 2.42 bits per heavy atom. The lowest BCUT2D eigenvalue weighted by Gasteiger charge is -2.07. The molecule has 0 aliphatic rings. The van der Waals surface area contributed by atoms with Crippen LogP contribution in [0.3, 0.4) is 0 Å². The lowest BCUT2D eigenvalue weighted by Crippen LogP contribution is -2.10. The number of rotatable bonds is 3. The SMILES string of the molecule is Cc1nc(Cc2cccc(F)c2)nc(C)c1C(=O)O. The normalized spacial score (nSPS) is 10.5. The summed E-state index contributed by atoms with van der Waals surface area (Å²) in [6, 6.07) is 6.19. The zero-order valence-electron chi connectivity index (χ0n) is 10.6. The smallest absolute Gasteiger partial charge is 0.339 e. The molecular formula is C14H13FN2O2. The average molecular weight is 260 g/mol. The Kier molecular flexibility index (Phi) is 3.55. The molecular weight excluding hydrogens is 247 g/mol. The first kappa shape index (κ1) is 13.1. The Bertz CT molecular complexity index is 618. The van der Waals surface area contributed by atoms with Crippen molar-refractivity contribution in [3.05, 3.63) is 58.4 Å². The van der Waals surface area contributed by atoms with Gasteiger partial charge in [0.25, 0.3) is 0 Å². The van der Waals surface area contributed by atoms with E-state index in [-0.39, 0.29) is 11.4 Å². The van der Waals surface area contributed by atoms with Crippen molar-refractivity contribution in [2.75, 3.05) is 0 Å². The number of carboxylic acid groups (broad SMARTS) is 1. The van der Waals surface area contributed by atoms with Crippen molar-refractivity contribution in [2.45, 2.75) is 20.3 Å². The molecule has 0 saturated heterocycles. The van der Waals surface area contributed by atoms with Crippen LogP contribution in [0, 0.1) is 19.7 Å². The highest BCUT2D eigenvalue weighted by Crippen LogP contribution is 2.13. The van der Waals surface area contributed by atoms with Crippen molar-refractivity contribution in [1.82, 2.24) is 9.97 Å². The second kappa shape index (κ2) is 5.14. The number of carbonyl (C=O) groups is 1. The van der Waals surface area contributed by atoms with E-state index in [1.807, 2.05) is 0 Å². The van der Waals surface area contributed by atoms with Gasteiger partial charge in [-0.15, -0.1) is 0 Å².